The van der Waals surface area contributed by atoms with Crippen LogP contribution in [0.5, 0.6) is 28.7 Å². The van der Waals surface area contributed by atoms with Crippen LogP contribution in [0.15, 0.2) is 51.8 Å². The quantitative estimate of drug-likeness (QED) is 0.0118. The number of carbonyl (C=O) groups is 3. The third kappa shape index (κ3) is 7.95. The van der Waals surface area contributed by atoms with Gasteiger partial charge in [-0.25, -0.2) is 0 Å². The number of phenolic OH excluding ortho intramolecular Hbond substituents is 2. The number of rotatable bonds is 18. The summed E-state index contributed by atoms with van der Waals surface area (Å²) in [5.41, 5.74) is 1.89. The van der Waals surface area contributed by atoms with Crippen molar-refractivity contribution >= 4 is 84.0 Å². The van der Waals surface area contributed by atoms with Gasteiger partial charge in [0.2, 0.25) is 0 Å². The minimum absolute atomic E-state index is 0.0249. The van der Waals surface area contributed by atoms with E-state index in [0.29, 0.717) is 93.5 Å². The van der Waals surface area contributed by atoms with Gasteiger partial charge in [-0.3, -0.25) is 34.1 Å². The molecule has 7 aromatic rings. The fourth-order valence-electron chi connectivity index (χ4n) is 9.25. The molecule has 8 rings (SSSR count). The first-order valence-corrected chi connectivity index (χ1v) is 21.5. The Morgan fingerprint density at radius 3 is 2.03 bits per heavy atom. The standard InChI is InChI=1S/C48H48N6O13/c1-23-15-26-35-36-27(16-23)46(66-6)45(59)38-31(56)20-33(65-5)40(42(36)38)39-32(64-4)19-30(55)37(41(35)39)44(58)43(26)49-12-9-7-8-11-34(57)67-14-10-13-50-47(60)28-17-24(21-52(28)2)51-48(61)29-18-25(54(62)63)22-53(29)3/h16-22,49,58-59H,7-15H2,1-6H3,(H,50,60)(H,51,61). The van der Waals surface area contributed by atoms with Crippen LogP contribution in [0.4, 0.5) is 17.1 Å². The number of phenols is 2. The molecule has 0 unspecified atom stereocenters. The Balaban J connectivity index is 0.902. The highest BCUT2D eigenvalue weighted by Crippen LogP contribution is 2.56. The molecule has 0 radical (unpaired) electrons. The number of hydrogen-bond donors (Lipinski definition) is 5. The van der Waals surface area contributed by atoms with Crippen LogP contribution in [-0.4, -0.2) is 83.1 Å². The molecule has 0 fully saturated rings. The lowest BCUT2D eigenvalue weighted by atomic mass is 9.83. The summed E-state index contributed by atoms with van der Waals surface area (Å²) in [6.45, 7) is 2.59. The summed E-state index contributed by atoms with van der Waals surface area (Å²) < 4.78 is 25.6. The Kier molecular flexibility index (Phi) is 12.3. The van der Waals surface area contributed by atoms with Crippen LogP contribution in [0, 0.1) is 10.1 Å². The van der Waals surface area contributed by atoms with E-state index in [9.17, 15) is 44.3 Å². The molecule has 2 aromatic heterocycles. The van der Waals surface area contributed by atoms with Crippen molar-refractivity contribution in [2.45, 2.75) is 45.4 Å². The summed E-state index contributed by atoms with van der Waals surface area (Å²) in [4.78, 5) is 76.3. The molecule has 0 spiro atoms. The Morgan fingerprint density at radius 1 is 0.746 bits per heavy atom. The Bertz CT molecular complexity index is 3330. The number of ether oxygens (including phenoxy) is 4. The summed E-state index contributed by atoms with van der Waals surface area (Å²) in [6, 6.07) is 5.22. The summed E-state index contributed by atoms with van der Waals surface area (Å²) in [5, 5.41) is 46.5. The molecule has 0 saturated heterocycles. The molecule has 2 amide bonds. The van der Waals surface area contributed by atoms with E-state index in [-0.39, 0.29) is 76.2 Å². The topological polar surface area (TPSA) is 252 Å². The lowest BCUT2D eigenvalue weighted by Crippen LogP contribution is -2.27. The van der Waals surface area contributed by atoms with Gasteiger partial charge in [0.05, 0.1) is 61.2 Å². The average Bonchev–Trinajstić information content (AvgIpc) is 3.82. The maximum absolute atomic E-state index is 13.9. The molecule has 1 aliphatic rings. The van der Waals surface area contributed by atoms with Crippen molar-refractivity contribution in [1.29, 1.82) is 0 Å². The number of methoxy groups -OCH3 is 3. The highest BCUT2D eigenvalue weighted by atomic mass is 16.6. The number of nitrogens with zero attached hydrogens (tertiary/aromatic N) is 3. The molecule has 2 heterocycles. The highest BCUT2D eigenvalue weighted by molar-refractivity contribution is 6.39. The van der Waals surface area contributed by atoms with Gasteiger partial charge in [-0.15, -0.1) is 0 Å². The van der Waals surface area contributed by atoms with Crippen LogP contribution in [0.3, 0.4) is 0 Å². The molecule has 0 aliphatic heterocycles. The second-order valence-corrected chi connectivity index (χ2v) is 16.5. The van der Waals surface area contributed by atoms with E-state index in [1.807, 2.05) is 13.0 Å². The Labute approximate surface area is 381 Å². The van der Waals surface area contributed by atoms with E-state index in [1.54, 1.807) is 13.2 Å². The van der Waals surface area contributed by atoms with Gasteiger partial charge >= 0.3 is 5.97 Å². The smallest absolute Gasteiger partial charge is 0.305 e. The number of nitro groups is 1. The van der Waals surface area contributed by atoms with Crippen molar-refractivity contribution in [2.75, 3.05) is 51.7 Å². The Hall–Kier alpha value is -8.09. The number of allylic oxidation sites excluding steroid dienone is 1. The summed E-state index contributed by atoms with van der Waals surface area (Å²) in [6.07, 6.45) is 7.26. The Morgan fingerprint density at radius 2 is 1.39 bits per heavy atom. The first kappa shape index (κ1) is 45.5. The van der Waals surface area contributed by atoms with Crippen LogP contribution in [0.2, 0.25) is 0 Å². The normalized spacial score (nSPS) is 12.2. The highest BCUT2D eigenvalue weighted by Gasteiger charge is 2.33. The van der Waals surface area contributed by atoms with Crippen molar-refractivity contribution in [3.05, 3.63) is 95.3 Å². The number of aryl methyl sites for hydroxylation is 2. The van der Waals surface area contributed by atoms with Crippen LogP contribution in [0.1, 0.15) is 71.1 Å². The molecule has 19 nitrogen and oxygen atoms in total. The number of carbonyl (C=O) groups excluding carboxylic acids is 3. The van der Waals surface area contributed by atoms with Crippen molar-refractivity contribution in [2.24, 2.45) is 14.1 Å². The number of anilines is 2. The predicted molar refractivity (Wildman–Crippen MR) is 252 cm³/mol. The molecule has 5 aromatic carbocycles. The van der Waals surface area contributed by atoms with E-state index < -0.39 is 33.6 Å². The van der Waals surface area contributed by atoms with E-state index in [2.05, 4.69) is 16.0 Å². The molecule has 348 valence electrons. The minimum atomic E-state index is -0.593. The lowest BCUT2D eigenvalue weighted by molar-refractivity contribution is -0.384. The number of fused-ring (bicyclic) bond motifs is 1. The van der Waals surface area contributed by atoms with Crippen LogP contribution in [0.25, 0.3) is 49.2 Å². The molecule has 0 bridgehead atoms. The minimum Gasteiger partial charge on any atom is -0.505 e. The van der Waals surface area contributed by atoms with Crippen molar-refractivity contribution in [3.8, 4) is 28.7 Å². The van der Waals surface area contributed by atoms with Crippen LogP contribution < -0.4 is 41.0 Å². The van der Waals surface area contributed by atoms with Gasteiger partial charge in [0, 0.05) is 90.5 Å². The molecule has 67 heavy (non-hydrogen) atoms. The van der Waals surface area contributed by atoms with Gasteiger partial charge < -0.3 is 54.2 Å². The van der Waals surface area contributed by atoms with Crippen LogP contribution in [-0.2, 0) is 30.0 Å². The average molecular weight is 917 g/mol. The summed E-state index contributed by atoms with van der Waals surface area (Å²) in [5.74, 6) is -1.41. The second-order valence-electron chi connectivity index (χ2n) is 16.5. The molecule has 1 aliphatic carbocycles. The summed E-state index contributed by atoms with van der Waals surface area (Å²) >= 11 is 0. The fourth-order valence-corrected chi connectivity index (χ4v) is 9.25. The molecule has 5 N–H and O–H groups in total. The van der Waals surface area contributed by atoms with Crippen molar-refractivity contribution in [3.63, 3.8) is 0 Å². The maximum Gasteiger partial charge on any atom is 0.305 e. The number of unbranched alkanes of at least 4 members (excludes halogenated alkanes) is 2. The monoisotopic (exact) mass is 916 g/mol. The van der Waals surface area contributed by atoms with Gasteiger partial charge in [0.1, 0.15) is 22.9 Å². The third-order valence-corrected chi connectivity index (χ3v) is 12.2. The number of aromatic nitrogens is 2. The van der Waals surface area contributed by atoms with Gasteiger partial charge in [-0.05, 0) is 49.6 Å². The zero-order valence-electron chi connectivity index (χ0n) is 37.6. The SMILES string of the molecule is COc1c(O)c2c(=O)cc(OC)c3c4c(OC)cc(=O)c5c(O)c(NCCCCCC(=O)OCCCNC(=O)c6cc(NC(=O)c7cc([N+](=O)[O-])cn7C)cn6C)c6c(c(c1C=C(C)C6)c23)c54. The van der Waals surface area contributed by atoms with Gasteiger partial charge in [0.25, 0.3) is 17.5 Å². The number of benzene rings is 5. The molecular weight excluding hydrogens is 869 g/mol. The zero-order valence-corrected chi connectivity index (χ0v) is 37.6. The number of hydrogen-bond acceptors (Lipinski definition) is 14. The van der Waals surface area contributed by atoms with Crippen LogP contribution >= 0.6 is 0 Å². The summed E-state index contributed by atoms with van der Waals surface area (Å²) in [7, 11) is 7.42. The van der Waals surface area contributed by atoms with Crippen molar-refractivity contribution in [1.82, 2.24) is 14.5 Å². The maximum atomic E-state index is 13.9. The van der Waals surface area contributed by atoms with Crippen molar-refractivity contribution < 1.29 is 48.5 Å². The zero-order chi connectivity index (χ0) is 48.0. The molecule has 0 atom stereocenters. The third-order valence-electron chi connectivity index (χ3n) is 12.2. The number of amides is 2. The lowest BCUT2D eigenvalue weighted by Gasteiger charge is -2.24. The van der Waals surface area contributed by atoms with Gasteiger partial charge in [0.15, 0.2) is 28.1 Å². The number of nitrogens with one attached hydrogen (secondary N) is 3. The largest absolute Gasteiger partial charge is 0.505 e. The van der Waals surface area contributed by atoms with Gasteiger partial charge in [-0.2, -0.15) is 0 Å². The van der Waals surface area contributed by atoms with E-state index in [0.717, 1.165) is 11.6 Å². The van der Waals surface area contributed by atoms with E-state index in [1.165, 1.54) is 61.9 Å². The second kappa shape index (κ2) is 18.1. The van der Waals surface area contributed by atoms with E-state index >= 15 is 0 Å². The number of esters is 1. The molecule has 19 heteroatoms. The van der Waals surface area contributed by atoms with E-state index in [4.69, 9.17) is 18.9 Å². The molecular formula is C48H48N6O13. The molecule has 0 saturated carbocycles. The first-order valence-electron chi connectivity index (χ1n) is 21.5. The fraction of sp³-hybridized carbons (Fsp3) is 0.312. The number of aromatic hydroxyl groups is 2. The predicted octanol–water partition coefficient (Wildman–Crippen LogP) is 6.46. The first-order chi connectivity index (χ1) is 32.1. The van der Waals surface area contributed by atoms with Gasteiger partial charge in [-0.1, -0.05) is 18.1 Å².